The van der Waals surface area contributed by atoms with Crippen LogP contribution in [0.25, 0.3) is 0 Å². The van der Waals surface area contributed by atoms with Crippen molar-refractivity contribution in [2.75, 3.05) is 7.05 Å². The van der Waals surface area contributed by atoms with E-state index in [9.17, 15) is 10.2 Å². The number of hydrogen-bond donors (Lipinski definition) is 2. The minimum atomic E-state index is -0.127. The van der Waals surface area contributed by atoms with Crippen molar-refractivity contribution in [2.24, 2.45) is 0 Å². The Balaban J connectivity index is 2.04. The summed E-state index contributed by atoms with van der Waals surface area (Å²) in [6.45, 7) is 0.713. The molecular weight excluding hydrogens is 374 g/mol. The summed E-state index contributed by atoms with van der Waals surface area (Å²) in [5.41, 5.74) is 0.912. The fraction of sp³-hybridized carbons (Fsp3) is 0.571. The normalized spacial score (nSPS) is 23.8. The van der Waals surface area contributed by atoms with Crippen LogP contribution in [0.5, 0.6) is 5.75 Å². The Morgan fingerprint density at radius 3 is 2.47 bits per heavy atom. The van der Waals surface area contributed by atoms with Gasteiger partial charge in [-0.3, -0.25) is 4.90 Å². The fourth-order valence-electron chi connectivity index (χ4n) is 2.64. The molecule has 1 aliphatic carbocycles. The molecule has 1 aromatic rings. The molecular formula is C14H19Br2NO2. The second kappa shape index (κ2) is 6.57. The zero-order valence-corrected chi connectivity index (χ0v) is 14.1. The lowest BCUT2D eigenvalue weighted by atomic mass is 9.92. The Labute approximate surface area is 130 Å². The highest BCUT2D eigenvalue weighted by molar-refractivity contribution is 9.11. The van der Waals surface area contributed by atoms with Crippen LogP contribution in [0.15, 0.2) is 21.1 Å². The highest BCUT2D eigenvalue weighted by atomic mass is 79.9. The van der Waals surface area contributed by atoms with E-state index in [2.05, 4.69) is 43.8 Å². The molecule has 0 radical (unpaired) electrons. The summed E-state index contributed by atoms with van der Waals surface area (Å²) in [5.74, 6) is 0.311. The maximum absolute atomic E-state index is 10.1. The molecule has 106 valence electrons. The molecule has 1 aliphatic rings. The van der Waals surface area contributed by atoms with Gasteiger partial charge in [0.15, 0.2) is 0 Å². The molecule has 0 bridgehead atoms. The quantitative estimate of drug-likeness (QED) is 0.824. The zero-order valence-electron chi connectivity index (χ0n) is 10.9. The van der Waals surface area contributed by atoms with E-state index in [0.29, 0.717) is 22.8 Å². The Morgan fingerprint density at radius 2 is 1.84 bits per heavy atom. The van der Waals surface area contributed by atoms with Crippen LogP contribution in [-0.2, 0) is 6.54 Å². The lowest BCUT2D eigenvalue weighted by Crippen LogP contribution is -2.35. The Hall–Kier alpha value is -0.100. The van der Waals surface area contributed by atoms with Crippen molar-refractivity contribution >= 4 is 31.9 Å². The Bertz CT molecular complexity index is 445. The van der Waals surface area contributed by atoms with Gasteiger partial charge in [-0.2, -0.15) is 0 Å². The first-order valence-corrected chi connectivity index (χ1v) is 8.11. The summed E-state index contributed by atoms with van der Waals surface area (Å²) < 4.78 is 1.67. The van der Waals surface area contributed by atoms with Crippen LogP contribution < -0.4 is 0 Å². The van der Waals surface area contributed by atoms with E-state index >= 15 is 0 Å². The minimum absolute atomic E-state index is 0.127. The van der Waals surface area contributed by atoms with Gasteiger partial charge < -0.3 is 10.2 Å². The van der Waals surface area contributed by atoms with Crippen molar-refractivity contribution in [3.8, 4) is 5.75 Å². The van der Waals surface area contributed by atoms with Gasteiger partial charge in [-0.25, -0.2) is 0 Å². The molecule has 0 spiro atoms. The molecule has 3 nitrogen and oxygen atoms in total. The predicted octanol–water partition coefficient (Wildman–Crippen LogP) is 3.65. The van der Waals surface area contributed by atoms with E-state index in [1.807, 2.05) is 12.1 Å². The fourth-order valence-corrected chi connectivity index (χ4v) is 3.95. The lowest BCUT2D eigenvalue weighted by Gasteiger charge is -2.33. The molecule has 1 fully saturated rings. The van der Waals surface area contributed by atoms with Gasteiger partial charge in [0.1, 0.15) is 5.75 Å². The van der Waals surface area contributed by atoms with Crippen LogP contribution in [0.1, 0.15) is 31.2 Å². The molecule has 0 atom stereocenters. The molecule has 0 saturated heterocycles. The number of benzene rings is 1. The molecule has 0 aliphatic heterocycles. The third-order valence-corrected chi connectivity index (χ3v) is 4.88. The van der Waals surface area contributed by atoms with E-state index in [4.69, 9.17) is 0 Å². The Kier molecular flexibility index (Phi) is 5.29. The van der Waals surface area contributed by atoms with E-state index in [1.54, 1.807) is 0 Å². The summed E-state index contributed by atoms with van der Waals surface area (Å²) in [4.78, 5) is 2.26. The second-order valence-corrected chi connectivity index (χ2v) is 7.04. The minimum Gasteiger partial charge on any atom is -0.506 e. The van der Waals surface area contributed by atoms with Crippen molar-refractivity contribution < 1.29 is 10.2 Å². The maximum Gasteiger partial charge on any atom is 0.134 e. The molecule has 2 N–H and O–H groups in total. The van der Waals surface area contributed by atoms with Crippen molar-refractivity contribution in [3.63, 3.8) is 0 Å². The van der Waals surface area contributed by atoms with Gasteiger partial charge in [0.2, 0.25) is 0 Å². The van der Waals surface area contributed by atoms with Crippen LogP contribution >= 0.6 is 31.9 Å². The topological polar surface area (TPSA) is 43.7 Å². The third kappa shape index (κ3) is 3.94. The third-order valence-electron chi connectivity index (χ3n) is 3.82. The van der Waals surface area contributed by atoms with Gasteiger partial charge >= 0.3 is 0 Å². The molecule has 0 amide bonds. The molecule has 1 aromatic carbocycles. The first-order valence-electron chi connectivity index (χ1n) is 6.52. The van der Waals surface area contributed by atoms with Gasteiger partial charge in [-0.1, -0.05) is 15.9 Å². The van der Waals surface area contributed by atoms with Crippen LogP contribution in [0.4, 0.5) is 0 Å². The SMILES string of the molecule is CN(Cc1cc(Br)cc(Br)c1O)C1CCC(O)CC1. The van der Waals surface area contributed by atoms with Gasteiger partial charge in [0, 0.05) is 22.6 Å². The largest absolute Gasteiger partial charge is 0.506 e. The molecule has 0 unspecified atom stereocenters. The first kappa shape index (κ1) is 15.3. The van der Waals surface area contributed by atoms with Gasteiger partial charge in [-0.15, -0.1) is 0 Å². The number of hydrogen-bond acceptors (Lipinski definition) is 3. The van der Waals surface area contributed by atoms with Crippen molar-refractivity contribution in [3.05, 3.63) is 26.6 Å². The monoisotopic (exact) mass is 391 g/mol. The molecule has 19 heavy (non-hydrogen) atoms. The number of aliphatic hydroxyl groups excluding tert-OH is 1. The van der Waals surface area contributed by atoms with E-state index in [0.717, 1.165) is 35.7 Å². The Morgan fingerprint density at radius 1 is 1.21 bits per heavy atom. The average Bonchev–Trinajstić information content (AvgIpc) is 2.36. The predicted molar refractivity (Wildman–Crippen MR) is 83.2 cm³/mol. The van der Waals surface area contributed by atoms with E-state index in [1.165, 1.54) is 0 Å². The number of halogens is 2. The van der Waals surface area contributed by atoms with E-state index < -0.39 is 0 Å². The molecule has 0 aromatic heterocycles. The van der Waals surface area contributed by atoms with Crippen molar-refractivity contribution in [1.29, 1.82) is 0 Å². The van der Waals surface area contributed by atoms with E-state index in [-0.39, 0.29) is 6.10 Å². The number of aliphatic hydroxyl groups is 1. The second-order valence-electron chi connectivity index (χ2n) is 5.27. The number of phenols is 1. The van der Waals surface area contributed by atoms with Gasteiger partial charge in [-0.05, 0) is 60.8 Å². The number of phenolic OH excluding ortho intramolecular Hbond substituents is 1. The van der Waals surface area contributed by atoms with Crippen LogP contribution in [0, 0.1) is 0 Å². The summed E-state index contributed by atoms with van der Waals surface area (Å²) in [6.07, 6.45) is 3.67. The standard InChI is InChI=1S/C14H19Br2NO2/c1-17(11-2-4-12(18)5-3-11)8-9-6-10(15)7-13(16)14(9)19/h6-7,11-12,18-19H,2-5,8H2,1H3. The summed E-state index contributed by atoms with van der Waals surface area (Å²) in [5, 5.41) is 19.6. The highest BCUT2D eigenvalue weighted by Crippen LogP contribution is 2.33. The van der Waals surface area contributed by atoms with Crippen LogP contribution in [0.2, 0.25) is 0 Å². The molecule has 2 rings (SSSR count). The summed E-state index contributed by atoms with van der Waals surface area (Å²) in [6, 6.07) is 4.28. The average molecular weight is 393 g/mol. The van der Waals surface area contributed by atoms with Gasteiger partial charge in [0.25, 0.3) is 0 Å². The number of nitrogens with zero attached hydrogens (tertiary/aromatic N) is 1. The summed E-state index contributed by atoms with van der Waals surface area (Å²) in [7, 11) is 2.08. The molecule has 1 saturated carbocycles. The number of aromatic hydroxyl groups is 1. The highest BCUT2D eigenvalue weighted by Gasteiger charge is 2.23. The number of rotatable bonds is 3. The first-order chi connectivity index (χ1) is 8.97. The van der Waals surface area contributed by atoms with Gasteiger partial charge in [0.05, 0.1) is 10.6 Å². The van der Waals surface area contributed by atoms with Crippen LogP contribution in [0.3, 0.4) is 0 Å². The van der Waals surface area contributed by atoms with Crippen molar-refractivity contribution in [1.82, 2.24) is 4.90 Å². The lowest BCUT2D eigenvalue weighted by molar-refractivity contribution is 0.0815. The molecule has 0 heterocycles. The maximum atomic E-state index is 10.1. The summed E-state index contributed by atoms with van der Waals surface area (Å²) >= 11 is 6.81. The molecule has 5 heteroatoms. The zero-order chi connectivity index (χ0) is 14.0. The van der Waals surface area contributed by atoms with Crippen LogP contribution in [-0.4, -0.2) is 34.3 Å². The van der Waals surface area contributed by atoms with Crippen molar-refractivity contribution in [2.45, 2.75) is 44.4 Å². The smallest absolute Gasteiger partial charge is 0.134 e.